The molecule has 0 bridgehead atoms. The van der Waals surface area contributed by atoms with Gasteiger partial charge in [-0.25, -0.2) is 0 Å². The number of aromatic nitrogens is 3. The van der Waals surface area contributed by atoms with E-state index in [2.05, 4.69) is 15.2 Å². The van der Waals surface area contributed by atoms with E-state index in [9.17, 15) is 4.79 Å². The van der Waals surface area contributed by atoms with Gasteiger partial charge in [0.05, 0.1) is 5.25 Å². The van der Waals surface area contributed by atoms with Crippen LogP contribution in [0.5, 0.6) is 0 Å². The number of hydrogen-bond acceptors (Lipinski definition) is 5. The van der Waals surface area contributed by atoms with E-state index in [-0.39, 0.29) is 11.0 Å². The Balaban J connectivity index is 1.56. The number of nitrogens with one attached hydrogen (secondary N) is 1. The largest absolute Gasteiger partial charge is 0.411 e. The lowest BCUT2D eigenvalue weighted by Crippen LogP contribution is -2.14. The molecular formula is C20H16ClN3O2S. The van der Waals surface area contributed by atoms with Crippen molar-refractivity contribution < 1.29 is 9.21 Å². The molecule has 7 heteroatoms. The maximum absolute atomic E-state index is 13.0. The molecular weight excluding hydrogens is 382 g/mol. The normalized spacial score (nSPS) is 12.4. The topological polar surface area (TPSA) is 71.8 Å². The molecule has 0 amide bonds. The first-order chi connectivity index (χ1) is 13.0. The molecule has 0 saturated heterocycles. The lowest BCUT2D eigenvalue weighted by Gasteiger charge is -2.07. The third-order valence-electron chi connectivity index (χ3n) is 4.26. The van der Waals surface area contributed by atoms with Crippen LogP contribution < -0.4 is 0 Å². The number of aryl methyl sites for hydroxylation is 1. The fraction of sp³-hybridized carbons (Fsp3) is 0.150. The van der Waals surface area contributed by atoms with Crippen molar-refractivity contribution in [2.75, 3.05) is 0 Å². The molecule has 0 spiro atoms. The first-order valence-corrected chi connectivity index (χ1v) is 9.66. The molecule has 0 fully saturated rings. The van der Waals surface area contributed by atoms with Crippen molar-refractivity contribution in [3.05, 3.63) is 64.8 Å². The van der Waals surface area contributed by atoms with E-state index in [0.717, 1.165) is 22.2 Å². The maximum Gasteiger partial charge on any atom is 0.277 e. The van der Waals surface area contributed by atoms with Gasteiger partial charge in [-0.3, -0.25) is 4.79 Å². The number of halogens is 1. The van der Waals surface area contributed by atoms with Gasteiger partial charge in [0.2, 0.25) is 5.89 Å². The fourth-order valence-electron chi connectivity index (χ4n) is 3.00. The zero-order valence-corrected chi connectivity index (χ0v) is 16.3. The van der Waals surface area contributed by atoms with Crippen LogP contribution in [-0.2, 0) is 0 Å². The minimum Gasteiger partial charge on any atom is -0.411 e. The monoisotopic (exact) mass is 397 g/mol. The minimum absolute atomic E-state index is 0.0254. The van der Waals surface area contributed by atoms with Crippen LogP contribution in [0.4, 0.5) is 0 Å². The maximum atomic E-state index is 13.0. The van der Waals surface area contributed by atoms with Crippen LogP contribution >= 0.6 is 23.4 Å². The number of carbonyl (C=O) groups excluding carboxylic acids is 1. The van der Waals surface area contributed by atoms with Crippen LogP contribution in [0.25, 0.3) is 22.4 Å². The molecule has 136 valence electrons. The molecule has 2 aromatic carbocycles. The van der Waals surface area contributed by atoms with Gasteiger partial charge in [0, 0.05) is 32.7 Å². The first kappa shape index (κ1) is 17.8. The second-order valence-corrected chi connectivity index (χ2v) is 7.91. The highest BCUT2D eigenvalue weighted by Crippen LogP contribution is 2.31. The fourth-order valence-corrected chi connectivity index (χ4v) is 3.93. The summed E-state index contributed by atoms with van der Waals surface area (Å²) in [7, 11) is 0. The Kier molecular flexibility index (Phi) is 4.76. The predicted octanol–water partition coefficient (Wildman–Crippen LogP) is 5.54. The first-order valence-electron chi connectivity index (χ1n) is 8.40. The highest BCUT2D eigenvalue weighted by atomic mass is 35.5. The summed E-state index contributed by atoms with van der Waals surface area (Å²) in [5.41, 5.74) is 3.27. The van der Waals surface area contributed by atoms with Crippen molar-refractivity contribution >= 4 is 40.0 Å². The number of carbonyl (C=O) groups is 1. The zero-order chi connectivity index (χ0) is 19.0. The van der Waals surface area contributed by atoms with Crippen LogP contribution in [0.15, 0.2) is 58.2 Å². The van der Waals surface area contributed by atoms with E-state index in [1.165, 1.54) is 11.8 Å². The molecule has 4 aromatic rings. The summed E-state index contributed by atoms with van der Waals surface area (Å²) < 4.78 is 5.70. The van der Waals surface area contributed by atoms with E-state index in [1.54, 1.807) is 12.1 Å². The minimum atomic E-state index is -0.365. The smallest absolute Gasteiger partial charge is 0.277 e. The van der Waals surface area contributed by atoms with Crippen molar-refractivity contribution in [2.45, 2.75) is 24.3 Å². The van der Waals surface area contributed by atoms with Gasteiger partial charge in [0.1, 0.15) is 0 Å². The molecule has 0 saturated carbocycles. The van der Waals surface area contributed by atoms with Gasteiger partial charge >= 0.3 is 0 Å². The van der Waals surface area contributed by atoms with Crippen LogP contribution in [0, 0.1) is 6.92 Å². The number of para-hydroxylation sites is 1. The van der Waals surface area contributed by atoms with E-state index in [1.807, 2.05) is 50.2 Å². The number of H-pyrrole nitrogens is 1. The molecule has 0 radical (unpaired) electrons. The lowest BCUT2D eigenvalue weighted by molar-refractivity contribution is 0.0994. The summed E-state index contributed by atoms with van der Waals surface area (Å²) in [5, 5.41) is 9.62. The van der Waals surface area contributed by atoms with E-state index < -0.39 is 0 Å². The summed E-state index contributed by atoms with van der Waals surface area (Å²) in [5.74, 6) is 0.403. The number of benzene rings is 2. The summed E-state index contributed by atoms with van der Waals surface area (Å²) in [6.07, 6.45) is 0. The molecule has 0 aliphatic carbocycles. The number of Topliss-reactive ketones (excluding diaryl/α,β-unsaturated/α-hetero) is 1. The molecule has 4 rings (SSSR count). The number of fused-ring (bicyclic) bond motifs is 1. The number of hydrogen-bond donors (Lipinski definition) is 1. The molecule has 1 N–H and O–H groups in total. The highest BCUT2D eigenvalue weighted by Gasteiger charge is 2.24. The molecule has 0 aliphatic rings. The lowest BCUT2D eigenvalue weighted by atomic mass is 10.1. The number of aromatic amines is 1. The average molecular weight is 398 g/mol. The molecule has 27 heavy (non-hydrogen) atoms. The summed E-state index contributed by atoms with van der Waals surface area (Å²) >= 11 is 7.25. The Hall–Kier alpha value is -2.57. The second kappa shape index (κ2) is 7.21. The van der Waals surface area contributed by atoms with Crippen LogP contribution in [0.2, 0.25) is 5.02 Å². The van der Waals surface area contributed by atoms with Crippen LogP contribution in [0.3, 0.4) is 0 Å². The number of thioether (sulfide) groups is 1. The highest BCUT2D eigenvalue weighted by molar-refractivity contribution is 8.00. The quantitative estimate of drug-likeness (QED) is 0.353. The van der Waals surface area contributed by atoms with E-state index >= 15 is 0 Å². The Morgan fingerprint density at radius 3 is 2.81 bits per heavy atom. The van der Waals surface area contributed by atoms with Gasteiger partial charge in [-0.2, -0.15) is 0 Å². The van der Waals surface area contributed by atoms with Crippen molar-refractivity contribution in [1.29, 1.82) is 0 Å². The average Bonchev–Trinajstić information content (AvgIpc) is 3.24. The van der Waals surface area contributed by atoms with Gasteiger partial charge in [-0.15, -0.1) is 10.2 Å². The standard InChI is InChI=1S/C20H16ClN3O2S/c1-11-17(15-8-3-4-9-16(15)22-11)18(25)12(2)27-20-24-23-19(26-20)13-6-5-7-14(21)10-13/h3-10,12,22H,1-2H3/t12-/m1/s1. The Labute approximate surface area is 165 Å². The third-order valence-corrected chi connectivity index (χ3v) is 5.43. The number of nitrogens with zero attached hydrogens (tertiary/aromatic N) is 2. The summed E-state index contributed by atoms with van der Waals surface area (Å²) in [6, 6.07) is 15.0. The molecule has 2 aromatic heterocycles. The van der Waals surface area contributed by atoms with Gasteiger partial charge in [-0.05, 0) is 38.1 Å². The van der Waals surface area contributed by atoms with E-state index in [0.29, 0.717) is 21.7 Å². The van der Waals surface area contributed by atoms with Gasteiger partial charge in [0.25, 0.3) is 5.22 Å². The molecule has 2 heterocycles. The van der Waals surface area contributed by atoms with Crippen molar-refractivity contribution in [3.63, 3.8) is 0 Å². The van der Waals surface area contributed by atoms with Gasteiger partial charge in [0.15, 0.2) is 5.78 Å². The van der Waals surface area contributed by atoms with Crippen molar-refractivity contribution in [1.82, 2.24) is 15.2 Å². The number of ketones is 1. The zero-order valence-electron chi connectivity index (χ0n) is 14.7. The molecule has 0 aliphatic heterocycles. The van der Waals surface area contributed by atoms with Crippen molar-refractivity contribution in [2.24, 2.45) is 0 Å². The Morgan fingerprint density at radius 2 is 2.00 bits per heavy atom. The molecule has 0 unspecified atom stereocenters. The van der Waals surface area contributed by atoms with E-state index in [4.69, 9.17) is 16.0 Å². The molecule has 5 nitrogen and oxygen atoms in total. The van der Waals surface area contributed by atoms with Crippen LogP contribution in [-0.4, -0.2) is 26.2 Å². The summed E-state index contributed by atoms with van der Waals surface area (Å²) in [6.45, 7) is 3.76. The Bertz CT molecular complexity index is 1140. The summed E-state index contributed by atoms with van der Waals surface area (Å²) in [4.78, 5) is 16.3. The van der Waals surface area contributed by atoms with Crippen molar-refractivity contribution in [3.8, 4) is 11.5 Å². The van der Waals surface area contributed by atoms with Gasteiger partial charge in [-0.1, -0.05) is 47.6 Å². The predicted molar refractivity (Wildman–Crippen MR) is 107 cm³/mol. The molecule has 1 atom stereocenters. The van der Waals surface area contributed by atoms with Crippen LogP contribution in [0.1, 0.15) is 23.0 Å². The second-order valence-electron chi connectivity index (χ2n) is 6.18. The number of rotatable bonds is 5. The van der Waals surface area contributed by atoms with Gasteiger partial charge < -0.3 is 9.40 Å². The third kappa shape index (κ3) is 3.50. The SMILES string of the molecule is Cc1[nH]c2ccccc2c1C(=O)[C@@H](C)Sc1nnc(-c2cccc(Cl)c2)o1. The Morgan fingerprint density at radius 1 is 1.19 bits per heavy atom.